The lowest BCUT2D eigenvalue weighted by Gasteiger charge is -2.02. The average molecular weight is 244 g/mol. The highest BCUT2D eigenvalue weighted by molar-refractivity contribution is 5.23. The largest absolute Gasteiger partial charge is 0.245 e. The summed E-state index contributed by atoms with van der Waals surface area (Å²) >= 11 is 0. The molecule has 0 aromatic carbocycles. The lowest BCUT2D eigenvalue weighted by atomic mass is 10.0. The van der Waals surface area contributed by atoms with E-state index in [0.717, 1.165) is 6.42 Å². The van der Waals surface area contributed by atoms with Crippen LogP contribution in [-0.4, -0.2) is 4.98 Å². The summed E-state index contributed by atoms with van der Waals surface area (Å²) in [7, 11) is 0. The Morgan fingerprint density at radius 2 is 1.67 bits per heavy atom. The van der Waals surface area contributed by atoms with Crippen LogP contribution in [0, 0.1) is 11.3 Å². The maximum Gasteiger partial charge on any atom is 0.140 e. The second-order valence-corrected chi connectivity index (χ2v) is 4.89. The van der Waals surface area contributed by atoms with Gasteiger partial charge in [-0.15, -0.1) is 0 Å². The van der Waals surface area contributed by atoms with Gasteiger partial charge >= 0.3 is 0 Å². The molecule has 0 radical (unpaired) electrons. The van der Waals surface area contributed by atoms with Crippen LogP contribution in [0.3, 0.4) is 0 Å². The molecule has 0 saturated carbocycles. The lowest BCUT2D eigenvalue weighted by Crippen LogP contribution is -1.89. The maximum atomic E-state index is 8.65. The zero-order valence-corrected chi connectivity index (χ0v) is 11.5. The normalized spacial score (nSPS) is 10.2. The molecule has 98 valence electrons. The van der Waals surface area contributed by atoms with Gasteiger partial charge in [-0.1, -0.05) is 57.9 Å². The zero-order chi connectivity index (χ0) is 13.1. The first-order chi connectivity index (χ1) is 8.86. The van der Waals surface area contributed by atoms with Crippen molar-refractivity contribution in [1.29, 1.82) is 5.26 Å². The molecule has 0 fully saturated rings. The molecule has 0 amide bonds. The number of aromatic nitrogens is 1. The number of pyridine rings is 1. The van der Waals surface area contributed by atoms with E-state index in [1.807, 2.05) is 18.3 Å². The number of hydrogen-bond acceptors (Lipinski definition) is 2. The number of aryl methyl sites for hydroxylation is 1. The molecule has 0 aliphatic heterocycles. The molecule has 0 N–H and O–H groups in total. The van der Waals surface area contributed by atoms with E-state index < -0.39 is 0 Å². The van der Waals surface area contributed by atoms with Crippen LogP contribution in [0.15, 0.2) is 18.3 Å². The van der Waals surface area contributed by atoms with E-state index >= 15 is 0 Å². The van der Waals surface area contributed by atoms with Gasteiger partial charge in [0.1, 0.15) is 11.8 Å². The lowest BCUT2D eigenvalue weighted by molar-refractivity contribution is 0.575. The summed E-state index contributed by atoms with van der Waals surface area (Å²) in [4.78, 5) is 4.08. The summed E-state index contributed by atoms with van der Waals surface area (Å²) in [6.07, 6.45) is 13.7. The number of unbranched alkanes of at least 4 members (excludes halogenated alkanes) is 7. The third-order valence-corrected chi connectivity index (χ3v) is 3.26. The maximum absolute atomic E-state index is 8.65. The number of nitriles is 1. The van der Waals surface area contributed by atoms with E-state index in [1.54, 1.807) is 6.07 Å². The fourth-order valence-electron chi connectivity index (χ4n) is 2.10. The Morgan fingerprint density at radius 3 is 2.22 bits per heavy atom. The average Bonchev–Trinajstić information content (AvgIpc) is 2.42. The highest BCUT2D eigenvalue weighted by Crippen LogP contribution is 2.11. The van der Waals surface area contributed by atoms with Crippen molar-refractivity contribution in [2.75, 3.05) is 0 Å². The van der Waals surface area contributed by atoms with Crippen molar-refractivity contribution in [3.8, 4) is 6.07 Å². The summed E-state index contributed by atoms with van der Waals surface area (Å²) in [5.41, 5.74) is 1.76. The summed E-state index contributed by atoms with van der Waals surface area (Å²) in [6, 6.07) is 5.87. The van der Waals surface area contributed by atoms with E-state index in [-0.39, 0.29) is 0 Å². The van der Waals surface area contributed by atoms with Crippen LogP contribution < -0.4 is 0 Å². The van der Waals surface area contributed by atoms with Gasteiger partial charge in [0.25, 0.3) is 0 Å². The van der Waals surface area contributed by atoms with Gasteiger partial charge in [0.2, 0.25) is 0 Å². The predicted octanol–water partition coefficient (Wildman–Crippen LogP) is 4.64. The molecule has 1 aromatic heterocycles. The Bertz CT molecular complexity index is 348. The SMILES string of the molecule is CCCCCCCCCCc1ccc(C#N)nc1. The van der Waals surface area contributed by atoms with Crippen molar-refractivity contribution >= 4 is 0 Å². The molecule has 0 saturated heterocycles. The predicted molar refractivity (Wildman–Crippen MR) is 75.3 cm³/mol. The van der Waals surface area contributed by atoms with Gasteiger partial charge in [-0.05, 0) is 24.5 Å². The smallest absolute Gasteiger partial charge is 0.140 e. The van der Waals surface area contributed by atoms with E-state index in [9.17, 15) is 0 Å². The highest BCUT2D eigenvalue weighted by atomic mass is 14.7. The van der Waals surface area contributed by atoms with Gasteiger partial charge in [0.15, 0.2) is 0 Å². The quantitative estimate of drug-likeness (QED) is 0.593. The Kier molecular flexibility index (Phi) is 7.88. The Hall–Kier alpha value is -1.36. The first-order valence-corrected chi connectivity index (χ1v) is 7.22. The molecule has 1 heterocycles. The molecule has 0 aliphatic rings. The molecule has 0 unspecified atom stereocenters. The van der Waals surface area contributed by atoms with Crippen LogP contribution >= 0.6 is 0 Å². The van der Waals surface area contributed by atoms with E-state index in [4.69, 9.17) is 5.26 Å². The van der Waals surface area contributed by atoms with E-state index in [0.29, 0.717) is 5.69 Å². The minimum absolute atomic E-state index is 0.509. The molecule has 0 aliphatic carbocycles. The van der Waals surface area contributed by atoms with Crippen LogP contribution in [0.1, 0.15) is 69.5 Å². The second-order valence-electron chi connectivity index (χ2n) is 4.89. The fraction of sp³-hybridized carbons (Fsp3) is 0.625. The minimum atomic E-state index is 0.509. The number of nitrogens with zero attached hydrogens (tertiary/aromatic N) is 2. The fourth-order valence-corrected chi connectivity index (χ4v) is 2.10. The molecule has 2 nitrogen and oxygen atoms in total. The number of rotatable bonds is 9. The molecule has 2 heteroatoms. The first-order valence-electron chi connectivity index (χ1n) is 7.22. The van der Waals surface area contributed by atoms with Crippen molar-refractivity contribution in [2.45, 2.75) is 64.7 Å². The number of hydrogen-bond donors (Lipinski definition) is 0. The van der Waals surface area contributed by atoms with Gasteiger partial charge in [0.05, 0.1) is 0 Å². The van der Waals surface area contributed by atoms with Gasteiger partial charge in [0, 0.05) is 6.20 Å². The summed E-state index contributed by atoms with van der Waals surface area (Å²) in [5, 5.41) is 8.65. The topological polar surface area (TPSA) is 36.7 Å². The molecular weight excluding hydrogens is 220 g/mol. The van der Waals surface area contributed by atoms with Crippen LogP contribution in [-0.2, 0) is 6.42 Å². The van der Waals surface area contributed by atoms with Crippen LogP contribution in [0.25, 0.3) is 0 Å². The van der Waals surface area contributed by atoms with E-state index in [2.05, 4.69) is 11.9 Å². The molecule has 0 spiro atoms. The zero-order valence-electron chi connectivity index (χ0n) is 11.5. The first kappa shape index (κ1) is 14.7. The van der Waals surface area contributed by atoms with Crippen LogP contribution in [0.4, 0.5) is 0 Å². The van der Waals surface area contributed by atoms with Crippen molar-refractivity contribution in [3.05, 3.63) is 29.6 Å². The van der Waals surface area contributed by atoms with Crippen molar-refractivity contribution in [1.82, 2.24) is 4.98 Å². The molecule has 1 aromatic rings. The standard InChI is InChI=1S/C16H24N2/c1-2-3-4-5-6-7-8-9-10-15-11-12-16(13-17)18-14-15/h11-12,14H,2-10H2,1H3. The summed E-state index contributed by atoms with van der Waals surface area (Å²) in [6.45, 7) is 2.26. The Morgan fingerprint density at radius 1 is 1.00 bits per heavy atom. The van der Waals surface area contributed by atoms with Crippen LogP contribution in [0.2, 0.25) is 0 Å². The third-order valence-electron chi connectivity index (χ3n) is 3.26. The molecule has 18 heavy (non-hydrogen) atoms. The van der Waals surface area contributed by atoms with Crippen molar-refractivity contribution < 1.29 is 0 Å². The second kappa shape index (κ2) is 9.65. The van der Waals surface area contributed by atoms with Crippen molar-refractivity contribution in [3.63, 3.8) is 0 Å². The van der Waals surface area contributed by atoms with Gasteiger partial charge in [-0.2, -0.15) is 5.26 Å². The molecule has 0 bridgehead atoms. The van der Waals surface area contributed by atoms with Gasteiger partial charge in [-0.3, -0.25) is 0 Å². The van der Waals surface area contributed by atoms with Crippen molar-refractivity contribution in [2.24, 2.45) is 0 Å². The Balaban J connectivity index is 2.02. The molecular formula is C16H24N2. The molecule has 0 atom stereocenters. The van der Waals surface area contributed by atoms with E-state index in [1.165, 1.54) is 56.9 Å². The van der Waals surface area contributed by atoms with Gasteiger partial charge < -0.3 is 0 Å². The summed E-state index contributed by atoms with van der Waals surface area (Å²) in [5.74, 6) is 0. The summed E-state index contributed by atoms with van der Waals surface area (Å²) < 4.78 is 0. The third kappa shape index (κ3) is 6.39. The molecule has 1 rings (SSSR count). The Labute approximate surface area is 111 Å². The van der Waals surface area contributed by atoms with Gasteiger partial charge in [-0.25, -0.2) is 4.98 Å². The highest BCUT2D eigenvalue weighted by Gasteiger charge is 1.96. The van der Waals surface area contributed by atoms with Crippen LogP contribution in [0.5, 0.6) is 0 Å². The monoisotopic (exact) mass is 244 g/mol. The minimum Gasteiger partial charge on any atom is -0.245 e.